The minimum absolute atomic E-state index is 0.0349. The lowest BCUT2D eigenvalue weighted by Crippen LogP contribution is -2.46. The van der Waals surface area contributed by atoms with Crippen molar-refractivity contribution >= 4 is 11.9 Å². The highest BCUT2D eigenvalue weighted by Gasteiger charge is 2.28. The summed E-state index contributed by atoms with van der Waals surface area (Å²) in [6.07, 6.45) is 1.05. The summed E-state index contributed by atoms with van der Waals surface area (Å²) >= 11 is 0. The maximum atomic E-state index is 11.4. The van der Waals surface area contributed by atoms with Gasteiger partial charge in [-0.05, 0) is 25.7 Å². The molecule has 17 heavy (non-hydrogen) atoms. The molecule has 0 bridgehead atoms. The van der Waals surface area contributed by atoms with Gasteiger partial charge in [0.1, 0.15) is 0 Å². The second kappa shape index (κ2) is 8.98. The van der Waals surface area contributed by atoms with E-state index in [1.54, 1.807) is 0 Å². The molecule has 1 aliphatic heterocycles. The number of hydrogen-bond acceptors (Lipinski definition) is 4. The Balaban J connectivity index is 0.00000121. The molecule has 0 aromatic rings. The van der Waals surface area contributed by atoms with Crippen molar-refractivity contribution in [3.63, 3.8) is 0 Å². The molecule has 1 fully saturated rings. The molecule has 1 N–H and O–H groups in total. The van der Waals surface area contributed by atoms with E-state index in [1.165, 1.54) is 14.0 Å². The molecule has 1 aliphatic rings. The average molecular weight is 245 g/mol. The highest BCUT2D eigenvalue weighted by atomic mass is 16.5. The highest BCUT2D eigenvalue weighted by molar-refractivity contribution is 5.85. The van der Waals surface area contributed by atoms with Gasteiger partial charge in [-0.25, -0.2) is 4.79 Å². The molecule has 0 radical (unpaired) electrons. The smallest absolute Gasteiger partial charge is 0.407 e. The normalized spacial score (nSPS) is 17.4. The molecule has 0 aliphatic carbocycles. The van der Waals surface area contributed by atoms with Crippen LogP contribution < -0.4 is 5.32 Å². The summed E-state index contributed by atoms with van der Waals surface area (Å²) in [5.41, 5.74) is 0. The number of methoxy groups -OCH3 is 1. The third-order valence-corrected chi connectivity index (χ3v) is 2.63. The van der Waals surface area contributed by atoms with Gasteiger partial charge in [0, 0.05) is 13.2 Å². The van der Waals surface area contributed by atoms with Gasteiger partial charge < -0.3 is 14.8 Å². The Bertz CT molecular complexity index is 237. The first-order valence-corrected chi connectivity index (χ1v) is 6.08. The van der Waals surface area contributed by atoms with Crippen molar-refractivity contribution in [2.24, 2.45) is 5.92 Å². The molecule has 100 valence electrons. The van der Waals surface area contributed by atoms with Gasteiger partial charge >= 0.3 is 6.09 Å². The molecule has 0 saturated carbocycles. The Morgan fingerprint density at radius 2 is 1.82 bits per heavy atom. The molecular weight excluding hydrogens is 222 g/mol. The van der Waals surface area contributed by atoms with Gasteiger partial charge in [-0.15, -0.1) is 0 Å². The Morgan fingerprint density at radius 3 is 2.24 bits per heavy atom. The highest BCUT2D eigenvalue weighted by Crippen LogP contribution is 2.19. The number of alkyl carbamates (subject to hydrolysis) is 1. The largest absolute Gasteiger partial charge is 0.453 e. The van der Waals surface area contributed by atoms with Crippen LogP contribution in [0.15, 0.2) is 0 Å². The molecule has 1 amide bonds. The van der Waals surface area contributed by atoms with Gasteiger partial charge in [-0.3, -0.25) is 4.79 Å². The van der Waals surface area contributed by atoms with E-state index in [1.807, 2.05) is 13.8 Å². The topological polar surface area (TPSA) is 64.6 Å². The van der Waals surface area contributed by atoms with Crippen LogP contribution in [0.5, 0.6) is 0 Å². The molecule has 0 spiro atoms. The lowest BCUT2D eigenvalue weighted by Gasteiger charge is -2.28. The SMILES string of the molecule is CC.COC(=O)N[C@H](C(C)=O)C1CCOCC1. The number of ketones is 1. The van der Waals surface area contributed by atoms with Crippen LogP contribution in [-0.4, -0.2) is 38.2 Å². The van der Waals surface area contributed by atoms with Gasteiger partial charge in [0.25, 0.3) is 0 Å². The number of ether oxygens (including phenoxy) is 2. The van der Waals surface area contributed by atoms with E-state index in [0.29, 0.717) is 13.2 Å². The Kier molecular flexibility index (Phi) is 8.40. The number of hydrogen-bond donors (Lipinski definition) is 1. The van der Waals surface area contributed by atoms with Crippen LogP contribution >= 0.6 is 0 Å². The summed E-state index contributed by atoms with van der Waals surface area (Å²) in [6.45, 7) is 6.78. The second-order valence-electron chi connectivity index (χ2n) is 3.67. The summed E-state index contributed by atoms with van der Waals surface area (Å²) in [6, 6.07) is -0.443. The molecule has 1 atom stereocenters. The Labute approximate surface area is 103 Å². The van der Waals surface area contributed by atoms with Gasteiger partial charge in [0.05, 0.1) is 13.2 Å². The predicted octanol–water partition coefficient (Wildman–Crippen LogP) is 1.75. The van der Waals surface area contributed by atoms with Crippen molar-refractivity contribution in [3.8, 4) is 0 Å². The van der Waals surface area contributed by atoms with Crippen molar-refractivity contribution in [2.45, 2.75) is 39.7 Å². The monoisotopic (exact) mass is 245 g/mol. The summed E-state index contributed by atoms with van der Waals surface area (Å²) in [5, 5.41) is 2.57. The minimum Gasteiger partial charge on any atom is -0.453 e. The fourth-order valence-corrected chi connectivity index (χ4v) is 1.79. The number of carbonyl (C=O) groups is 2. The van der Waals surface area contributed by atoms with Crippen LogP contribution in [0.3, 0.4) is 0 Å². The minimum atomic E-state index is -0.554. The van der Waals surface area contributed by atoms with E-state index in [-0.39, 0.29) is 11.7 Å². The third-order valence-electron chi connectivity index (χ3n) is 2.63. The Hall–Kier alpha value is -1.10. The van der Waals surface area contributed by atoms with Gasteiger partial charge in [-0.2, -0.15) is 0 Å². The quantitative estimate of drug-likeness (QED) is 0.822. The summed E-state index contributed by atoms with van der Waals surface area (Å²) in [7, 11) is 1.29. The van der Waals surface area contributed by atoms with Gasteiger partial charge in [-0.1, -0.05) is 13.8 Å². The van der Waals surface area contributed by atoms with Crippen molar-refractivity contribution < 1.29 is 19.1 Å². The molecule has 0 aromatic heterocycles. The van der Waals surface area contributed by atoms with Crippen LogP contribution in [0.2, 0.25) is 0 Å². The summed E-state index contributed by atoms with van der Waals surface area (Å²) in [5.74, 6) is 0.127. The van der Waals surface area contributed by atoms with E-state index >= 15 is 0 Å². The molecule has 0 unspecified atom stereocenters. The third kappa shape index (κ3) is 5.68. The van der Waals surface area contributed by atoms with Crippen LogP contribution in [0.25, 0.3) is 0 Å². The zero-order valence-electron chi connectivity index (χ0n) is 11.1. The molecule has 1 saturated heterocycles. The molecule has 0 aromatic carbocycles. The van der Waals surface area contributed by atoms with Crippen LogP contribution in [-0.2, 0) is 14.3 Å². The molecule has 1 rings (SSSR count). The van der Waals surface area contributed by atoms with Crippen LogP contribution in [0, 0.1) is 5.92 Å². The summed E-state index contributed by atoms with van der Waals surface area (Å²) in [4.78, 5) is 22.4. The number of Topliss-reactive ketones (excluding diaryl/α,β-unsaturated/α-hetero) is 1. The van der Waals surface area contributed by atoms with E-state index in [9.17, 15) is 9.59 Å². The van der Waals surface area contributed by atoms with Crippen molar-refractivity contribution in [2.75, 3.05) is 20.3 Å². The maximum absolute atomic E-state index is 11.4. The average Bonchev–Trinajstić information content (AvgIpc) is 2.38. The maximum Gasteiger partial charge on any atom is 0.407 e. The van der Waals surface area contributed by atoms with E-state index in [2.05, 4.69) is 10.1 Å². The van der Waals surface area contributed by atoms with Crippen molar-refractivity contribution in [1.29, 1.82) is 0 Å². The van der Waals surface area contributed by atoms with Gasteiger partial charge in [0.2, 0.25) is 0 Å². The Morgan fingerprint density at radius 1 is 1.29 bits per heavy atom. The zero-order chi connectivity index (χ0) is 13.3. The first kappa shape index (κ1) is 15.9. The van der Waals surface area contributed by atoms with Crippen LogP contribution in [0.4, 0.5) is 4.79 Å². The lowest BCUT2D eigenvalue weighted by molar-refractivity contribution is -0.121. The zero-order valence-corrected chi connectivity index (χ0v) is 11.1. The standard InChI is InChI=1S/C10H17NO4.C2H6/c1-7(12)9(11-10(13)14-2)8-3-5-15-6-4-8;1-2/h8-9H,3-6H2,1-2H3,(H,11,13);1-2H3/t9-;/m1./s1. The number of amides is 1. The van der Waals surface area contributed by atoms with E-state index < -0.39 is 12.1 Å². The molecular formula is C12H23NO4. The first-order valence-electron chi connectivity index (χ1n) is 6.08. The predicted molar refractivity (Wildman–Crippen MR) is 64.9 cm³/mol. The van der Waals surface area contributed by atoms with Crippen LogP contribution in [0.1, 0.15) is 33.6 Å². The van der Waals surface area contributed by atoms with E-state index in [4.69, 9.17) is 4.74 Å². The second-order valence-corrected chi connectivity index (χ2v) is 3.67. The van der Waals surface area contributed by atoms with Crippen molar-refractivity contribution in [3.05, 3.63) is 0 Å². The van der Waals surface area contributed by atoms with Crippen molar-refractivity contribution in [1.82, 2.24) is 5.32 Å². The van der Waals surface area contributed by atoms with E-state index in [0.717, 1.165) is 12.8 Å². The molecule has 5 nitrogen and oxygen atoms in total. The fourth-order valence-electron chi connectivity index (χ4n) is 1.79. The summed E-state index contributed by atoms with van der Waals surface area (Å²) < 4.78 is 9.69. The number of carbonyl (C=O) groups excluding carboxylic acids is 2. The molecule has 5 heteroatoms. The van der Waals surface area contributed by atoms with Gasteiger partial charge in [0.15, 0.2) is 5.78 Å². The first-order chi connectivity index (χ1) is 8.15. The fraction of sp³-hybridized carbons (Fsp3) is 0.833. The lowest BCUT2D eigenvalue weighted by atomic mass is 9.89. The number of nitrogens with one attached hydrogen (secondary N) is 1. The number of rotatable bonds is 3. The molecule has 1 heterocycles.